The number of nitrogens with one attached hydrogen (secondary N) is 1. The lowest BCUT2D eigenvalue weighted by Crippen LogP contribution is -2.42. The van der Waals surface area contributed by atoms with Gasteiger partial charge in [0, 0.05) is 6.54 Å². The molecule has 2 aliphatic rings. The van der Waals surface area contributed by atoms with E-state index in [1.54, 1.807) is 0 Å². The zero-order valence-corrected chi connectivity index (χ0v) is 7.92. The molecule has 0 saturated heterocycles. The van der Waals surface area contributed by atoms with Gasteiger partial charge >= 0.3 is 0 Å². The van der Waals surface area contributed by atoms with Crippen molar-refractivity contribution >= 4 is 17.3 Å². The molecule has 0 atom stereocenters. The van der Waals surface area contributed by atoms with Gasteiger partial charge in [-0.15, -0.1) is 0 Å². The summed E-state index contributed by atoms with van der Waals surface area (Å²) in [5.74, 6) is 0.199. The van der Waals surface area contributed by atoms with Gasteiger partial charge in [-0.3, -0.25) is 4.79 Å². The highest BCUT2D eigenvalue weighted by molar-refractivity contribution is 6.03. The maximum atomic E-state index is 11.6. The second-order valence-electron chi connectivity index (χ2n) is 3.82. The first-order valence-corrected chi connectivity index (χ1v) is 5.02. The molecule has 72 valence electrons. The van der Waals surface area contributed by atoms with Crippen molar-refractivity contribution < 1.29 is 4.79 Å². The van der Waals surface area contributed by atoms with Gasteiger partial charge in [0.05, 0.1) is 17.9 Å². The first-order valence-electron chi connectivity index (χ1n) is 5.02. The summed E-state index contributed by atoms with van der Waals surface area (Å²) in [7, 11) is 0. The average Bonchev–Trinajstić information content (AvgIpc) is 2.24. The minimum atomic E-state index is 0.199. The summed E-state index contributed by atoms with van der Waals surface area (Å²) in [4.78, 5) is 13.6. The molecule has 0 aromatic heterocycles. The van der Waals surface area contributed by atoms with Crippen LogP contribution in [-0.2, 0) is 11.2 Å². The van der Waals surface area contributed by atoms with Gasteiger partial charge in [-0.2, -0.15) is 0 Å². The molecule has 3 rings (SSSR count). The van der Waals surface area contributed by atoms with Crippen molar-refractivity contribution in [3.63, 3.8) is 0 Å². The van der Waals surface area contributed by atoms with Crippen LogP contribution in [-0.4, -0.2) is 19.0 Å². The van der Waals surface area contributed by atoms with E-state index in [0.29, 0.717) is 6.54 Å². The van der Waals surface area contributed by atoms with E-state index >= 15 is 0 Å². The number of carbonyl (C=O) groups is 1. The van der Waals surface area contributed by atoms with Crippen LogP contribution in [0.3, 0.4) is 0 Å². The first-order chi connectivity index (χ1) is 6.86. The smallest absolute Gasteiger partial charge is 0.246 e. The Bertz CT molecular complexity index is 386. The maximum Gasteiger partial charge on any atom is 0.246 e. The third-order valence-corrected chi connectivity index (χ3v) is 2.95. The van der Waals surface area contributed by atoms with Crippen LogP contribution in [0.5, 0.6) is 0 Å². The largest absolute Gasteiger partial charge is 0.374 e. The summed E-state index contributed by atoms with van der Waals surface area (Å²) in [5, 5.41) is 3.16. The Morgan fingerprint density at radius 1 is 1.36 bits per heavy atom. The zero-order valence-electron chi connectivity index (χ0n) is 7.92. The van der Waals surface area contributed by atoms with Crippen molar-refractivity contribution in [1.29, 1.82) is 0 Å². The van der Waals surface area contributed by atoms with Gasteiger partial charge in [0.15, 0.2) is 0 Å². The van der Waals surface area contributed by atoms with E-state index in [4.69, 9.17) is 0 Å². The van der Waals surface area contributed by atoms with Crippen molar-refractivity contribution in [2.45, 2.75) is 12.8 Å². The molecular weight excluding hydrogens is 176 g/mol. The fourth-order valence-electron chi connectivity index (χ4n) is 2.31. The van der Waals surface area contributed by atoms with Crippen molar-refractivity contribution in [3.8, 4) is 0 Å². The number of benzene rings is 1. The highest BCUT2D eigenvalue weighted by atomic mass is 16.2. The van der Waals surface area contributed by atoms with Gasteiger partial charge in [0.1, 0.15) is 0 Å². The minimum Gasteiger partial charge on any atom is -0.374 e. The Morgan fingerprint density at radius 2 is 2.29 bits per heavy atom. The highest BCUT2D eigenvalue weighted by Gasteiger charge is 2.28. The lowest BCUT2D eigenvalue weighted by Gasteiger charge is -2.35. The summed E-state index contributed by atoms with van der Waals surface area (Å²) < 4.78 is 0. The third kappa shape index (κ3) is 0.953. The molecule has 1 aromatic rings. The molecule has 0 bridgehead atoms. The molecule has 1 amide bonds. The molecule has 0 spiro atoms. The molecule has 3 heteroatoms. The fourth-order valence-corrected chi connectivity index (χ4v) is 2.31. The standard InChI is InChI=1S/C11H12N2O/c14-10-7-12-9-5-1-3-8-4-2-6-13(10)11(8)9/h1,3,5,12H,2,4,6-7H2. The second-order valence-corrected chi connectivity index (χ2v) is 3.82. The van der Waals surface area contributed by atoms with Gasteiger partial charge in [-0.25, -0.2) is 0 Å². The molecule has 2 heterocycles. The van der Waals surface area contributed by atoms with Crippen molar-refractivity contribution in [2.75, 3.05) is 23.3 Å². The molecule has 2 aliphatic heterocycles. The number of amides is 1. The Morgan fingerprint density at radius 3 is 3.21 bits per heavy atom. The van der Waals surface area contributed by atoms with Crippen LogP contribution in [0.15, 0.2) is 18.2 Å². The zero-order chi connectivity index (χ0) is 9.54. The Labute approximate surface area is 82.7 Å². The number of nitrogens with zero attached hydrogens (tertiary/aromatic N) is 1. The Kier molecular flexibility index (Phi) is 1.54. The van der Waals surface area contributed by atoms with E-state index in [1.165, 1.54) is 5.56 Å². The number of anilines is 2. The number of rotatable bonds is 0. The maximum absolute atomic E-state index is 11.6. The molecular formula is C11H12N2O. The molecule has 0 saturated carbocycles. The third-order valence-electron chi connectivity index (χ3n) is 2.95. The molecule has 0 aliphatic carbocycles. The number of aryl methyl sites for hydroxylation is 1. The van der Waals surface area contributed by atoms with Crippen molar-refractivity contribution in [3.05, 3.63) is 23.8 Å². The molecule has 3 nitrogen and oxygen atoms in total. The molecule has 0 radical (unpaired) electrons. The van der Waals surface area contributed by atoms with E-state index in [0.717, 1.165) is 30.8 Å². The van der Waals surface area contributed by atoms with E-state index < -0.39 is 0 Å². The average molecular weight is 188 g/mol. The topological polar surface area (TPSA) is 32.3 Å². The van der Waals surface area contributed by atoms with Crippen LogP contribution in [0.2, 0.25) is 0 Å². The number of carbonyl (C=O) groups excluding carboxylic acids is 1. The van der Waals surface area contributed by atoms with Crippen LogP contribution in [0, 0.1) is 0 Å². The summed E-state index contributed by atoms with van der Waals surface area (Å²) in [6.07, 6.45) is 2.18. The summed E-state index contributed by atoms with van der Waals surface area (Å²) in [5.41, 5.74) is 3.53. The molecule has 14 heavy (non-hydrogen) atoms. The predicted molar refractivity (Wildman–Crippen MR) is 55.6 cm³/mol. The van der Waals surface area contributed by atoms with Crippen molar-refractivity contribution in [2.24, 2.45) is 0 Å². The lowest BCUT2D eigenvalue weighted by atomic mass is 9.99. The minimum absolute atomic E-state index is 0.199. The van der Waals surface area contributed by atoms with E-state index in [-0.39, 0.29) is 5.91 Å². The monoisotopic (exact) mass is 188 g/mol. The fraction of sp³-hybridized carbons (Fsp3) is 0.364. The van der Waals surface area contributed by atoms with Gasteiger partial charge < -0.3 is 10.2 Å². The summed E-state index contributed by atoms with van der Waals surface area (Å²) in [6, 6.07) is 6.22. The van der Waals surface area contributed by atoms with Gasteiger partial charge in [-0.05, 0) is 24.5 Å². The van der Waals surface area contributed by atoms with Crippen LogP contribution in [0.4, 0.5) is 11.4 Å². The highest BCUT2D eigenvalue weighted by Crippen LogP contribution is 2.36. The quantitative estimate of drug-likeness (QED) is 0.667. The van der Waals surface area contributed by atoms with Gasteiger partial charge in [0.25, 0.3) is 0 Å². The van der Waals surface area contributed by atoms with E-state index in [9.17, 15) is 4.79 Å². The summed E-state index contributed by atoms with van der Waals surface area (Å²) >= 11 is 0. The first kappa shape index (κ1) is 7.85. The summed E-state index contributed by atoms with van der Waals surface area (Å²) in [6.45, 7) is 1.32. The van der Waals surface area contributed by atoms with Crippen LogP contribution < -0.4 is 10.2 Å². The number of para-hydroxylation sites is 1. The van der Waals surface area contributed by atoms with Crippen LogP contribution >= 0.6 is 0 Å². The lowest BCUT2D eigenvalue weighted by molar-refractivity contribution is -0.117. The molecule has 0 unspecified atom stereocenters. The van der Waals surface area contributed by atoms with Gasteiger partial charge in [-0.1, -0.05) is 12.1 Å². The predicted octanol–water partition coefficient (Wildman–Crippen LogP) is 1.39. The van der Waals surface area contributed by atoms with E-state index in [1.807, 2.05) is 11.0 Å². The Balaban J connectivity index is 2.21. The van der Waals surface area contributed by atoms with E-state index in [2.05, 4.69) is 17.4 Å². The molecule has 1 N–H and O–H groups in total. The van der Waals surface area contributed by atoms with Crippen LogP contribution in [0.25, 0.3) is 0 Å². The van der Waals surface area contributed by atoms with Crippen LogP contribution in [0.1, 0.15) is 12.0 Å². The Hall–Kier alpha value is -1.51. The second kappa shape index (κ2) is 2.74. The number of hydrogen-bond acceptors (Lipinski definition) is 2. The van der Waals surface area contributed by atoms with Crippen molar-refractivity contribution in [1.82, 2.24) is 0 Å². The molecule has 1 aromatic carbocycles. The molecule has 0 fully saturated rings. The van der Waals surface area contributed by atoms with Gasteiger partial charge in [0.2, 0.25) is 5.91 Å². The number of hydrogen-bond donors (Lipinski definition) is 1. The normalized spacial score (nSPS) is 18.9. The SMILES string of the molecule is O=C1CNc2cccc3c2N1CCC3.